The van der Waals surface area contributed by atoms with Crippen molar-refractivity contribution in [2.45, 2.75) is 20.5 Å². The summed E-state index contributed by atoms with van der Waals surface area (Å²) in [4.78, 5) is 17.4. The van der Waals surface area contributed by atoms with Crippen LogP contribution in [0.1, 0.15) is 19.5 Å². The number of carbonyl (C=O) groups excluding carboxylic acids is 1. The summed E-state index contributed by atoms with van der Waals surface area (Å²) < 4.78 is 34.1. The number of carbonyl (C=O) groups is 1. The zero-order chi connectivity index (χ0) is 18.4. The van der Waals surface area contributed by atoms with Crippen LogP contribution in [0.3, 0.4) is 0 Å². The molecule has 25 heavy (non-hydrogen) atoms. The van der Waals surface area contributed by atoms with Crippen molar-refractivity contribution in [1.82, 2.24) is 4.98 Å². The minimum absolute atomic E-state index is 0.0339. The summed E-state index contributed by atoms with van der Waals surface area (Å²) in [5.41, 5.74) is 0.649. The van der Waals surface area contributed by atoms with Gasteiger partial charge in [-0.1, -0.05) is 0 Å². The minimum Gasteiger partial charge on any atom is -0.492 e. The summed E-state index contributed by atoms with van der Waals surface area (Å²) in [6, 6.07) is 8.94. The molecule has 8 heteroatoms. The largest absolute Gasteiger partial charge is 0.492 e. The van der Waals surface area contributed by atoms with Gasteiger partial charge in [0.25, 0.3) is 0 Å². The van der Waals surface area contributed by atoms with Crippen molar-refractivity contribution in [1.29, 1.82) is 5.26 Å². The predicted molar refractivity (Wildman–Crippen MR) is 86.0 cm³/mol. The van der Waals surface area contributed by atoms with Crippen LogP contribution in [0, 0.1) is 11.3 Å². The van der Waals surface area contributed by atoms with Crippen LogP contribution in [0.25, 0.3) is 0 Å². The van der Waals surface area contributed by atoms with Crippen LogP contribution >= 0.6 is 0 Å². The maximum absolute atomic E-state index is 12.2. The van der Waals surface area contributed by atoms with Gasteiger partial charge in [0.15, 0.2) is 5.69 Å². The number of alkyl halides is 2. The molecule has 130 valence electrons. The molecule has 0 aliphatic carbocycles. The van der Waals surface area contributed by atoms with Gasteiger partial charge in [-0.3, -0.25) is 9.69 Å². The SMILES string of the molecule is CCOc1cnc(C#N)c(N(C(C)=O)c2ccc(OC(F)F)cc2)c1. The van der Waals surface area contributed by atoms with E-state index in [1.165, 1.54) is 48.4 Å². The molecule has 1 amide bonds. The molecule has 0 bridgehead atoms. The van der Waals surface area contributed by atoms with Gasteiger partial charge in [-0.25, -0.2) is 4.98 Å². The molecule has 0 saturated carbocycles. The number of rotatable bonds is 6. The van der Waals surface area contributed by atoms with Crippen molar-refractivity contribution in [2.24, 2.45) is 0 Å². The van der Waals surface area contributed by atoms with Gasteiger partial charge in [0.2, 0.25) is 5.91 Å². The van der Waals surface area contributed by atoms with E-state index in [0.717, 1.165) is 0 Å². The summed E-state index contributed by atoms with van der Waals surface area (Å²) in [6.45, 7) is 0.569. The van der Waals surface area contributed by atoms with Gasteiger partial charge in [0, 0.05) is 18.7 Å². The van der Waals surface area contributed by atoms with Crippen LogP contribution in [0.15, 0.2) is 36.5 Å². The maximum atomic E-state index is 12.2. The molecule has 2 rings (SSSR count). The lowest BCUT2D eigenvalue weighted by molar-refractivity contribution is -0.115. The Morgan fingerprint density at radius 1 is 1.32 bits per heavy atom. The van der Waals surface area contributed by atoms with E-state index < -0.39 is 6.61 Å². The molecule has 0 aliphatic rings. The lowest BCUT2D eigenvalue weighted by Crippen LogP contribution is -2.24. The fourth-order valence-corrected chi connectivity index (χ4v) is 2.20. The number of nitriles is 1. The van der Waals surface area contributed by atoms with Gasteiger partial charge in [-0.15, -0.1) is 0 Å². The third kappa shape index (κ3) is 4.41. The Morgan fingerprint density at radius 2 is 2.00 bits per heavy atom. The van der Waals surface area contributed by atoms with Crippen molar-refractivity contribution >= 4 is 17.3 Å². The Balaban J connectivity index is 2.46. The van der Waals surface area contributed by atoms with Crippen molar-refractivity contribution in [3.63, 3.8) is 0 Å². The summed E-state index contributed by atoms with van der Waals surface area (Å²) in [5, 5.41) is 9.27. The summed E-state index contributed by atoms with van der Waals surface area (Å²) in [6.07, 6.45) is 1.39. The third-order valence-corrected chi connectivity index (χ3v) is 3.14. The molecule has 0 N–H and O–H groups in total. The van der Waals surface area contributed by atoms with Crippen LogP contribution in [-0.4, -0.2) is 24.1 Å². The van der Waals surface area contributed by atoms with Gasteiger partial charge in [0.1, 0.15) is 17.6 Å². The first-order chi connectivity index (χ1) is 12.0. The molecule has 0 unspecified atom stereocenters. The number of anilines is 2. The Kier molecular flexibility index (Phi) is 5.84. The molecular weight excluding hydrogens is 332 g/mol. The molecular formula is C17H15F2N3O3. The van der Waals surface area contributed by atoms with E-state index in [1.54, 1.807) is 6.92 Å². The second kappa shape index (κ2) is 8.06. The number of nitrogens with zero attached hydrogens (tertiary/aromatic N) is 3. The molecule has 0 fully saturated rings. The highest BCUT2D eigenvalue weighted by Gasteiger charge is 2.20. The molecule has 6 nitrogen and oxygen atoms in total. The molecule has 0 saturated heterocycles. The number of pyridine rings is 1. The van der Waals surface area contributed by atoms with Crippen molar-refractivity contribution in [2.75, 3.05) is 11.5 Å². The topological polar surface area (TPSA) is 75.5 Å². The number of benzene rings is 1. The molecule has 2 aromatic rings. The Labute approximate surface area is 143 Å². The van der Waals surface area contributed by atoms with Crippen LogP contribution in [-0.2, 0) is 4.79 Å². The van der Waals surface area contributed by atoms with Crippen molar-refractivity contribution in [3.8, 4) is 17.6 Å². The smallest absolute Gasteiger partial charge is 0.387 e. The highest BCUT2D eigenvalue weighted by atomic mass is 19.3. The number of aromatic nitrogens is 1. The minimum atomic E-state index is -2.94. The average molecular weight is 347 g/mol. The molecule has 1 aromatic heterocycles. The standard InChI is InChI=1S/C17H15F2N3O3/c1-3-24-14-8-16(15(9-20)21-10-14)22(11(2)23)12-4-6-13(7-5-12)25-17(18)19/h4-8,10,17H,3H2,1-2H3. The second-order valence-corrected chi connectivity index (χ2v) is 4.81. The molecule has 1 heterocycles. The van der Waals surface area contributed by atoms with E-state index in [-0.39, 0.29) is 23.0 Å². The van der Waals surface area contributed by atoms with E-state index in [4.69, 9.17) is 4.74 Å². The van der Waals surface area contributed by atoms with Gasteiger partial charge < -0.3 is 9.47 Å². The van der Waals surface area contributed by atoms with Gasteiger partial charge in [-0.2, -0.15) is 14.0 Å². The number of amides is 1. The summed E-state index contributed by atoms with van der Waals surface area (Å²) in [7, 11) is 0. The van der Waals surface area contributed by atoms with E-state index in [9.17, 15) is 18.8 Å². The predicted octanol–water partition coefficient (Wildman–Crippen LogP) is 3.64. The fourth-order valence-electron chi connectivity index (χ4n) is 2.20. The first kappa shape index (κ1) is 18.1. The van der Waals surface area contributed by atoms with E-state index in [1.807, 2.05) is 6.07 Å². The maximum Gasteiger partial charge on any atom is 0.387 e. The lowest BCUT2D eigenvalue weighted by Gasteiger charge is -2.22. The number of hydrogen-bond donors (Lipinski definition) is 0. The van der Waals surface area contributed by atoms with Gasteiger partial charge in [0.05, 0.1) is 18.5 Å². The highest BCUT2D eigenvalue weighted by molar-refractivity contribution is 6.00. The Morgan fingerprint density at radius 3 is 2.52 bits per heavy atom. The third-order valence-electron chi connectivity index (χ3n) is 3.14. The monoisotopic (exact) mass is 347 g/mol. The highest BCUT2D eigenvalue weighted by Crippen LogP contribution is 2.32. The molecule has 0 atom stereocenters. The Hall–Kier alpha value is -3.21. The number of ether oxygens (including phenoxy) is 2. The zero-order valence-electron chi connectivity index (χ0n) is 13.6. The van der Waals surface area contributed by atoms with Crippen LogP contribution in [0.5, 0.6) is 11.5 Å². The Bertz CT molecular complexity index is 789. The van der Waals surface area contributed by atoms with Crippen LogP contribution in [0.4, 0.5) is 20.2 Å². The van der Waals surface area contributed by atoms with Crippen LogP contribution in [0.2, 0.25) is 0 Å². The van der Waals surface area contributed by atoms with Gasteiger partial charge >= 0.3 is 6.61 Å². The average Bonchev–Trinajstić information content (AvgIpc) is 2.56. The first-order valence-electron chi connectivity index (χ1n) is 7.34. The van der Waals surface area contributed by atoms with Crippen LogP contribution < -0.4 is 14.4 Å². The fraction of sp³-hybridized carbons (Fsp3) is 0.235. The normalized spacial score (nSPS) is 10.2. The van der Waals surface area contributed by atoms with E-state index in [2.05, 4.69) is 9.72 Å². The number of halogens is 2. The first-order valence-corrected chi connectivity index (χ1v) is 7.34. The van der Waals surface area contributed by atoms with Gasteiger partial charge in [-0.05, 0) is 31.2 Å². The molecule has 1 aromatic carbocycles. The number of hydrogen-bond acceptors (Lipinski definition) is 5. The second-order valence-electron chi connectivity index (χ2n) is 4.81. The van der Waals surface area contributed by atoms with Crippen molar-refractivity contribution < 1.29 is 23.0 Å². The van der Waals surface area contributed by atoms with E-state index in [0.29, 0.717) is 18.0 Å². The quantitative estimate of drug-likeness (QED) is 0.797. The van der Waals surface area contributed by atoms with E-state index >= 15 is 0 Å². The summed E-state index contributed by atoms with van der Waals surface area (Å²) in [5.74, 6) is -0.0150. The van der Waals surface area contributed by atoms with Crippen molar-refractivity contribution in [3.05, 3.63) is 42.2 Å². The lowest BCUT2D eigenvalue weighted by atomic mass is 10.2. The summed E-state index contributed by atoms with van der Waals surface area (Å²) >= 11 is 0. The zero-order valence-corrected chi connectivity index (χ0v) is 13.6. The molecule has 0 aliphatic heterocycles. The molecule has 0 radical (unpaired) electrons. The molecule has 0 spiro atoms.